The number of benzene rings is 1. The average molecular weight is 497 g/mol. The summed E-state index contributed by atoms with van der Waals surface area (Å²) in [6, 6.07) is 4.96. The molecule has 2 fully saturated rings. The van der Waals surface area contributed by atoms with E-state index in [4.69, 9.17) is 11.6 Å². The molecular weight excluding hydrogens is 470 g/mol. The van der Waals surface area contributed by atoms with E-state index in [9.17, 15) is 24.8 Å². The summed E-state index contributed by atoms with van der Waals surface area (Å²) >= 11 is 5.96. The molecule has 8 nitrogen and oxygen atoms in total. The number of alkyl halides is 2. The van der Waals surface area contributed by atoms with Gasteiger partial charge < -0.3 is 21.1 Å². The molecule has 4 atom stereocenters. The number of hydrogen-bond donors (Lipinski definition) is 4. The second kappa shape index (κ2) is 10.2. The maximum absolute atomic E-state index is 15.1. The van der Waals surface area contributed by atoms with Crippen molar-refractivity contribution in [1.82, 2.24) is 16.0 Å². The fourth-order valence-electron chi connectivity index (χ4n) is 3.98. The summed E-state index contributed by atoms with van der Waals surface area (Å²) in [4.78, 5) is 37.3. The van der Waals surface area contributed by atoms with E-state index >= 15 is 8.78 Å². The molecule has 1 aliphatic heterocycles. The normalized spacial score (nSPS) is 21.5. The fourth-order valence-corrected chi connectivity index (χ4v) is 4.30. The Morgan fingerprint density at radius 3 is 2.50 bits per heavy atom. The molecule has 1 saturated carbocycles. The summed E-state index contributed by atoms with van der Waals surface area (Å²) in [5.74, 6) is -7.51. The first kappa shape index (κ1) is 25.8. The van der Waals surface area contributed by atoms with Gasteiger partial charge in [0.05, 0.1) is 6.07 Å². The molecule has 0 spiro atoms. The van der Waals surface area contributed by atoms with Gasteiger partial charge in [0, 0.05) is 23.0 Å². The topological polar surface area (TPSA) is 131 Å². The third-order valence-corrected chi connectivity index (χ3v) is 6.67. The smallest absolute Gasteiger partial charge is 0.356 e. The molecule has 34 heavy (non-hydrogen) atoms. The number of carbonyl (C=O) groups excluding carboxylic acids is 3. The number of carbonyl (C=O) groups is 3. The third-order valence-electron chi connectivity index (χ3n) is 6.34. The number of nitrogens with one attached hydrogen (secondary N) is 3. The van der Waals surface area contributed by atoms with Crippen molar-refractivity contribution in [1.29, 1.82) is 5.26 Å². The van der Waals surface area contributed by atoms with Crippen LogP contribution in [0.1, 0.15) is 44.6 Å². The van der Waals surface area contributed by atoms with E-state index in [-0.39, 0.29) is 35.3 Å². The Bertz CT molecular complexity index is 993. The Kier molecular flexibility index (Phi) is 7.78. The molecule has 1 heterocycles. The van der Waals surface area contributed by atoms with E-state index < -0.39 is 41.3 Å². The SMILES string of the molecule is CC(O)(c1ccccc1Cl)C(F)(F)C(=O)N[C@@H](CC1CC1)C(=O)N[C@H](C#N)C[C@@H]1CCNC1=O. The first-order valence-electron chi connectivity index (χ1n) is 11.1. The molecule has 0 bridgehead atoms. The summed E-state index contributed by atoms with van der Waals surface area (Å²) in [5.41, 5.74) is -3.28. The van der Waals surface area contributed by atoms with Gasteiger partial charge in [0.15, 0.2) is 5.60 Å². The van der Waals surface area contributed by atoms with Crippen molar-refractivity contribution in [3.05, 3.63) is 34.9 Å². The lowest BCUT2D eigenvalue weighted by atomic mass is 9.88. The van der Waals surface area contributed by atoms with Crippen molar-refractivity contribution in [2.24, 2.45) is 11.8 Å². The number of rotatable bonds is 10. The highest BCUT2D eigenvalue weighted by Gasteiger charge is 2.57. The first-order valence-corrected chi connectivity index (χ1v) is 11.5. The standard InChI is InChI=1S/C23H27ClF2N4O4/c1-22(34,16-4-2-3-5-17(16)24)23(25,26)21(33)30-18(10-13-6-7-13)20(32)29-15(12-27)11-14-8-9-28-19(14)31/h2-5,13-15,18,34H,6-11H2,1H3,(H,28,31)(H,29,32)(H,30,33)/t14-,15-,18-,22?/m0/s1. The van der Waals surface area contributed by atoms with Crippen LogP contribution in [0.25, 0.3) is 0 Å². The number of nitriles is 1. The highest BCUT2D eigenvalue weighted by molar-refractivity contribution is 6.31. The molecule has 4 N–H and O–H groups in total. The summed E-state index contributed by atoms with van der Waals surface area (Å²) in [7, 11) is 0. The second-order valence-electron chi connectivity index (χ2n) is 9.03. The van der Waals surface area contributed by atoms with Crippen LogP contribution in [0.3, 0.4) is 0 Å². The molecule has 1 unspecified atom stereocenters. The maximum Gasteiger partial charge on any atom is 0.356 e. The predicted molar refractivity (Wildman–Crippen MR) is 119 cm³/mol. The monoisotopic (exact) mass is 496 g/mol. The van der Waals surface area contributed by atoms with E-state index in [1.807, 2.05) is 6.07 Å². The van der Waals surface area contributed by atoms with Crippen LogP contribution in [0.5, 0.6) is 0 Å². The summed E-state index contributed by atoms with van der Waals surface area (Å²) in [6.07, 6.45) is 2.30. The number of amides is 3. The van der Waals surface area contributed by atoms with Gasteiger partial charge in [0.2, 0.25) is 11.8 Å². The number of nitrogens with zero attached hydrogens (tertiary/aromatic N) is 1. The zero-order valence-electron chi connectivity index (χ0n) is 18.6. The van der Waals surface area contributed by atoms with E-state index in [0.29, 0.717) is 13.0 Å². The summed E-state index contributed by atoms with van der Waals surface area (Å²) in [6.45, 7) is 1.26. The van der Waals surface area contributed by atoms with Crippen LogP contribution < -0.4 is 16.0 Å². The lowest BCUT2D eigenvalue weighted by molar-refractivity contribution is -0.192. The van der Waals surface area contributed by atoms with Gasteiger partial charge in [-0.1, -0.05) is 42.6 Å². The van der Waals surface area contributed by atoms with Crippen LogP contribution in [0, 0.1) is 23.2 Å². The van der Waals surface area contributed by atoms with E-state index in [0.717, 1.165) is 19.8 Å². The molecule has 1 saturated heterocycles. The average Bonchev–Trinajstić information content (AvgIpc) is 3.52. The van der Waals surface area contributed by atoms with Gasteiger partial charge in [0.25, 0.3) is 5.91 Å². The van der Waals surface area contributed by atoms with Crippen LogP contribution >= 0.6 is 11.6 Å². The number of halogens is 3. The van der Waals surface area contributed by atoms with Crippen LogP contribution in [0.15, 0.2) is 24.3 Å². The minimum absolute atomic E-state index is 0.0786. The Morgan fingerprint density at radius 2 is 1.94 bits per heavy atom. The largest absolute Gasteiger partial charge is 0.378 e. The molecule has 11 heteroatoms. The Labute approximate surface area is 201 Å². The van der Waals surface area contributed by atoms with E-state index in [1.165, 1.54) is 24.3 Å². The zero-order chi connectivity index (χ0) is 25.1. The van der Waals surface area contributed by atoms with E-state index in [2.05, 4.69) is 16.0 Å². The van der Waals surface area contributed by atoms with Gasteiger partial charge >= 0.3 is 5.92 Å². The highest BCUT2D eigenvalue weighted by atomic mass is 35.5. The molecule has 2 aliphatic rings. The molecular formula is C23H27ClF2N4O4. The van der Waals surface area contributed by atoms with Crippen LogP contribution in [0.4, 0.5) is 8.78 Å². The molecule has 1 aromatic carbocycles. The van der Waals surface area contributed by atoms with Crippen LogP contribution in [0.2, 0.25) is 5.02 Å². The quantitative estimate of drug-likeness (QED) is 0.393. The molecule has 1 aliphatic carbocycles. The van der Waals surface area contributed by atoms with Crippen molar-refractivity contribution in [3.63, 3.8) is 0 Å². The van der Waals surface area contributed by atoms with Crippen molar-refractivity contribution in [2.75, 3.05) is 6.54 Å². The maximum atomic E-state index is 15.1. The zero-order valence-corrected chi connectivity index (χ0v) is 19.4. The first-order chi connectivity index (χ1) is 16.0. The number of aliphatic hydroxyl groups is 1. The minimum atomic E-state index is -4.32. The van der Waals surface area contributed by atoms with Gasteiger partial charge in [-0.3, -0.25) is 14.4 Å². The molecule has 0 radical (unpaired) electrons. The minimum Gasteiger partial charge on any atom is -0.378 e. The van der Waals surface area contributed by atoms with Crippen molar-refractivity contribution < 1.29 is 28.3 Å². The molecule has 1 aromatic rings. The summed E-state index contributed by atoms with van der Waals surface area (Å²) < 4.78 is 30.3. The molecule has 184 valence electrons. The molecule has 0 aromatic heterocycles. The van der Waals surface area contributed by atoms with Gasteiger partial charge in [0.1, 0.15) is 12.1 Å². The van der Waals surface area contributed by atoms with Gasteiger partial charge in [-0.25, -0.2) is 0 Å². The highest BCUT2D eigenvalue weighted by Crippen LogP contribution is 2.41. The second-order valence-corrected chi connectivity index (χ2v) is 9.44. The lowest BCUT2D eigenvalue weighted by Gasteiger charge is -2.33. The summed E-state index contributed by atoms with van der Waals surface area (Å²) in [5, 5.41) is 27.1. The van der Waals surface area contributed by atoms with Crippen molar-refractivity contribution >= 4 is 29.3 Å². The fraction of sp³-hybridized carbons (Fsp3) is 0.565. The third kappa shape index (κ3) is 5.65. The Morgan fingerprint density at radius 1 is 1.26 bits per heavy atom. The predicted octanol–water partition coefficient (Wildman–Crippen LogP) is 2.00. The van der Waals surface area contributed by atoms with Gasteiger partial charge in [-0.15, -0.1) is 0 Å². The van der Waals surface area contributed by atoms with Crippen LogP contribution in [-0.2, 0) is 20.0 Å². The van der Waals surface area contributed by atoms with Crippen molar-refractivity contribution in [2.45, 2.75) is 62.6 Å². The lowest BCUT2D eigenvalue weighted by Crippen LogP contribution is -2.59. The Hall–Kier alpha value is -2.77. The van der Waals surface area contributed by atoms with Crippen LogP contribution in [-0.4, -0.2) is 47.4 Å². The van der Waals surface area contributed by atoms with Gasteiger partial charge in [-0.2, -0.15) is 14.0 Å². The van der Waals surface area contributed by atoms with Crippen molar-refractivity contribution in [3.8, 4) is 6.07 Å². The van der Waals surface area contributed by atoms with Gasteiger partial charge in [-0.05, 0) is 38.2 Å². The number of hydrogen-bond acceptors (Lipinski definition) is 5. The van der Waals surface area contributed by atoms with E-state index in [1.54, 1.807) is 0 Å². The molecule has 3 amide bonds. The Balaban J connectivity index is 1.72. The molecule has 3 rings (SSSR count).